The fraction of sp³-hybridized carbons (Fsp3) is 0.0164. The Bertz CT molecular complexity index is 3400. The second-order valence-corrected chi connectivity index (χ2v) is 16.3. The fourth-order valence-corrected chi connectivity index (χ4v) is 10.4. The van der Waals surface area contributed by atoms with E-state index >= 15 is 0 Å². The first-order valence-corrected chi connectivity index (χ1v) is 21.7. The molecule has 0 N–H and O–H groups in total. The highest BCUT2D eigenvalue weighted by molar-refractivity contribution is 6.13. The van der Waals surface area contributed by atoms with Gasteiger partial charge < -0.3 is 9.32 Å². The number of benzene rings is 10. The van der Waals surface area contributed by atoms with E-state index in [0.717, 1.165) is 66.8 Å². The lowest BCUT2D eigenvalue weighted by molar-refractivity contribution is 0.669. The van der Waals surface area contributed by atoms with Crippen LogP contribution in [-0.2, 0) is 5.41 Å². The Labute approximate surface area is 367 Å². The van der Waals surface area contributed by atoms with E-state index in [9.17, 15) is 0 Å². The highest BCUT2D eigenvalue weighted by Crippen LogP contribution is 2.60. The number of fused-ring (bicyclic) bond motifs is 6. The van der Waals surface area contributed by atoms with E-state index in [2.05, 4.69) is 254 Å². The molecule has 0 saturated heterocycles. The quantitative estimate of drug-likeness (QED) is 0.152. The van der Waals surface area contributed by atoms with Gasteiger partial charge >= 0.3 is 0 Å². The van der Waals surface area contributed by atoms with Gasteiger partial charge in [-0.1, -0.05) is 224 Å². The minimum atomic E-state index is -0.573. The smallest absolute Gasteiger partial charge is 0.159 e. The predicted molar refractivity (Wildman–Crippen MR) is 262 cm³/mol. The van der Waals surface area contributed by atoms with Crippen molar-refractivity contribution in [2.75, 3.05) is 4.90 Å². The molecule has 0 atom stereocenters. The number of nitrogens with zero attached hydrogens (tertiary/aromatic N) is 1. The van der Waals surface area contributed by atoms with Gasteiger partial charge in [0.05, 0.1) is 22.5 Å². The van der Waals surface area contributed by atoms with E-state index < -0.39 is 5.41 Å². The number of para-hydroxylation sites is 2. The van der Waals surface area contributed by atoms with Crippen LogP contribution in [0.1, 0.15) is 22.3 Å². The first kappa shape index (κ1) is 36.6. The van der Waals surface area contributed by atoms with Crippen molar-refractivity contribution in [3.63, 3.8) is 0 Å². The average Bonchev–Trinajstić information content (AvgIpc) is 3.90. The van der Waals surface area contributed by atoms with Crippen LogP contribution < -0.4 is 4.90 Å². The van der Waals surface area contributed by atoms with Crippen molar-refractivity contribution in [3.05, 3.63) is 271 Å². The zero-order valence-electron chi connectivity index (χ0n) is 34.5. The van der Waals surface area contributed by atoms with Crippen LogP contribution in [0.5, 0.6) is 0 Å². The summed E-state index contributed by atoms with van der Waals surface area (Å²) < 4.78 is 6.99. The van der Waals surface area contributed by atoms with E-state index in [0.29, 0.717) is 0 Å². The first-order valence-electron chi connectivity index (χ1n) is 21.7. The molecule has 0 radical (unpaired) electrons. The van der Waals surface area contributed by atoms with Gasteiger partial charge in [0.2, 0.25) is 0 Å². The molecule has 63 heavy (non-hydrogen) atoms. The monoisotopic (exact) mass is 803 g/mol. The molecule has 10 aromatic carbocycles. The van der Waals surface area contributed by atoms with Gasteiger partial charge in [-0.2, -0.15) is 0 Å². The van der Waals surface area contributed by atoms with Crippen LogP contribution in [0.25, 0.3) is 66.4 Å². The third kappa shape index (κ3) is 5.72. The van der Waals surface area contributed by atoms with Crippen LogP contribution >= 0.6 is 0 Å². The summed E-state index contributed by atoms with van der Waals surface area (Å²) in [5, 5.41) is 2.17. The molecule has 1 aliphatic rings. The number of anilines is 3. The summed E-state index contributed by atoms with van der Waals surface area (Å²) in [6.45, 7) is 0. The predicted octanol–water partition coefficient (Wildman–Crippen LogP) is 16.4. The molecule has 0 spiro atoms. The molecule has 0 saturated carbocycles. The van der Waals surface area contributed by atoms with Gasteiger partial charge in [-0.05, 0) is 79.9 Å². The van der Waals surface area contributed by atoms with Crippen molar-refractivity contribution in [1.29, 1.82) is 0 Å². The summed E-state index contributed by atoms with van der Waals surface area (Å²) in [4.78, 5) is 2.50. The van der Waals surface area contributed by atoms with Crippen molar-refractivity contribution in [3.8, 4) is 44.5 Å². The van der Waals surface area contributed by atoms with Crippen molar-refractivity contribution in [1.82, 2.24) is 0 Å². The largest absolute Gasteiger partial charge is 0.454 e. The van der Waals surface area contributed by atoms with E-state index in [-0.39, 0.29) is 0 Å². The van der Waals surface area contributed by atoms with Gasteiger partial charge in [0.1, 0.15) is 5.58 Å². The Morgan fingerprint density at radius 3 is 1.46 bits per heavy atom. The van der Waals surface area contributed by atoms with Crippen molar-refractivity contribution in [2.45, 2.75) is 5.41 Å². The van der Waals surface area contributed by atoms with E-state index in [1.54, 1.807) is 0 Å². The van der Waals surface area contributed by atoms with Gasteiger partial charge in [-0.15, -0.1) is 0 Å². The second-order valence-electron chi connectivity index (χ2n) is 16.3. The lowest BCUT2D eigenvalue weighted by Crippen LogP contribution is -2.28. The first-order chi connectivity index (χ1) is 31.3. The molecule has 2 heteroatoms. The van der Waals surface area contributed by atoms with Crippen LogP contribution in [0.2, 0.25) is 0 Å². The lowest BCUT2D eigenvalue weighted by atomic mass is 9.68. The van der Waals surface area contributed by atoms with E-state index in [1.165, 1.54) is 38.9 Å². The maximum atomic E-state index is 6.99. The number of furan rings is 1. The van der Waals surface area contributed by atoms with Gasteiger partial charge in [-0.25, -0.2) is 0 Å². The molecule has 1 heterocycles. The Morgan fingerprint density at radius 1 is 0.302 bits per heavy atom. The molecule has 0 amide bonds. The van der Waals surface area contributed by atoms with Crippen LogP contribution in [0.4, 0.5) is 17.1 Å². The Hall–Kier alpha value is -8.20. The highest BCUT2D eigenvalue weighted by Gasteiger charge is 2.47. The molecular formula is C61H41NO. The van der Waals surface area contributed by atoms with Crippen LogP contribution in [0.3, 0.4) is 0 Å². The number of hydrogen-bond donors (Lipinski definition) is 0. The zero-order chi connectivity index (χ0) is 41.7. The molecule has 1 aliphatic carbocycles. The molecule has 2 nitrogen and oxygen atoms in total. The SMILES string of the molecule is c1ccc(-c2ccccc2-c2c(-c3ccccc3)cccc2N(c2cccc3c2-c2ccccc2C3(c2ccccc2)c2ccccc2)c2cccc3c2oc2ccccc23)cc1. The highest BCUT2D eigenvalue weighted by atomic mass is 16.3. The average molecular weight is 804 g/mol. The molecule has 1 aromatic heterocycles. The fourth-order valence-electron chi connectivity index (χ4n) is 10.4. The molecular weight excluding hydrogens is 763 g/mol. The zero-order valence-corrected chi connectivity index (χ0v) is 34.5. The van der Waals surface area contributed by atoms with Crippen LogP contribution in [0, 0.1) is 0 Å². The van der Waals surface area contributed by atoms with Crippen LogP contribution in [0.15, 0.2) is 253 Å². The minimum absolute atomic E-state index is 0.573. The number of hydrogen-bond acceptors (Lipinski definition) is 2. The molecule has 11 aromatic rings. The normalized spacial score (nSPS) is 12.6. The molecule has 0 aliphatic heterocycles. The van der Waals surface area contributed by atoms with Crippen molar-refractivity contribution >= 4 is 39.0 Å². The topological polar surface area (TPSA) is 16.4 Å². The van der Waals surface area contributed by atoms with Gasteiger partial charge in [0.25, 0.3) is 0 Å². The summed E-state index contributed by atoms with van der Waals surface area (Å²) in [6.07, 6.45) is 0. The maximum absolute atomic E-state index is 6.99. The number of rotatable bonds is 8. The van der Waals surface area contributed by atoms with Crippen molar-refractivity contribution < 1.29 is 4.42 Å². The molecule has 12 rings (SSSR count). The summed E-state index contributed by atoms with van der Waals surface area (Å²) in [7, 11) is 0. The summed E-state index contributed by atoms with van der Waals surface area (Å²) in [5.41, 5.74) is 18.5. The van der Waals surface area contributed by atoms with Crippen LogP contribution in [-0.4, -0.2) is 0 Å². The van der Waals surface area contributed by atoms with Crippen molar-refractivity contribution in [2.24, 2.45) is 0 Å². The molecule has 0 fully saturated rings. The third-order valence-electron chi connectivity index (χ3n) is 13.0. The van der Waals surface area contributed by atoms with Gasteiger partial charge in [0, 0.05) is 21.9 Å². The summed E-state index contributed by atoms with van der Waals surface area (Å²) >= 11 is 0. The third-order valence-corrected chi connectivity index (χ3v) is 13.0. The standard InChI is InChI=1S/C61H41NO/c1-5-22-42(23-6-1)46-30-13-14-32-49(46)58-47(43-24-7-2-8-25-43)34-19-38-54(58)62(56-40-20-35-50-48-31-16-18-41-57(48)63-60(50)56)55-39-21-37-53-59(55)51-33-15-17-36-52(51)61(53,44-26-9-3-10-27-44)45-28-11-4-12-29-45/h1-41H. The summed E-state index contributed by atoms with van der Waals surface area (Å²) in [5.74, 6) is 0. The summed E-state index contributed by atoms with van der Waals surface area (Å²) in [6, 6.07) is 90.2. The second kappa shape index (κ2) is 15.1. The molecule has 296 valence electrons. The Balaban J connectivity index is 1.24. The maximum Gasteiger partial charge on any atom is 0.159 e. The van der Waals surface area contributed by atoms with E-state index in [4.69, 9.17) is 4.42 Å². The van der Waals surface area contributed by atoms with Gasteiger partial charge in [0.15, 0.2) is 5.58 Å². The minimum Gasteiger partial charge on any atom is -0.454 e. The van der Waals surface area contributed by atoms with Gasteiger partial charge in [-0.3, -0.25) is 0 Å². The lowest BCUT2D eigenvalue weighted by Gasteiger charge is -2.35. The molecule has 0 bridgehead atoms. The van der Waals surface area contributed by atoms with E-state index in [1.807, 2.05) is 0 Å². The Morgan fingerprint density at radius 2 is 0.762 bits per heavy atom. The Kier molecular flexibility index (Phi) is 8.76. The molecule has 0 unspecified atom stereocenters.